The molecule has 0 spiro atoms. The maximum atomic E-state index is 13.2. The molecule has 0 saturated carbocycles. The molecule has 0 aliphatic heterocycles. The van der Waals surface area contributed by atoms with Crippen molar-refractivity contribution in [3.05, 3.63) is 70.2 Å². The van der Waals surface area contributed by atoms with Crippen molar-refractivity contribution in [3.8, 4) is 0 Å². The number of halogens is 3. The van der Waals surface area contributed by atoms with E-state index in [9.17, 15) is 18.4 Å². The lowest BCUT2D eigenvalue weighted by Crippen LogP contribution is -2.31. The van der Waals surface area contributed by atoms with Gasteiger partial charge in [0.15, 0.2) is 18.2 Å². The molecule has 1 amide bonds. The standard InChI is InChI=1S/C17H14ClF2NO3/c1-10(11-5-3-2-4-6-11)21-16(22)9-24-17(23)12-7-14(19)15(20)8-13(12)18/h2-8,10H,9H2,1H3,(H,21,22)/t10-/m1/s1. The van der Waals surface area contributed by atoms with Crippen LogP contribution in [0.5, 0.6) is 0 Å². The number of ether oxygens (including phenoxy) is 1. The van der Waals surface area contributed by atoms with Gasteiger partial charge in [0, 0.05) is 0 Å². The third-order valence-corrected chi connectivity index (χ3v) is 3.55. The summed E-state index contributed by atoms with van der Waals surface area (Å²) in [4.78, 5) is 23.6. The Bertz CT molecular complexity index is 753. The minimum absolute atomic E-state index is 0.274. The summed E-state index contributed by atoms with van der Waals surface area (Å²) in [6.45, 7) is 1.21. The van der Waals surface area contributed by atoms with Gasteiger partial charge in [0.1, 0.15) is 0 Å². The Balaban J connectivity index is 1.92. The van der Waals surface area contributed by atoms with Gasteiger partial charge >= 0.3 is 5.97 Å². The van der Waals surface area contributed by atoms with E-state index in [1.165, 1.54) is 0 Å². The van der Waals surface area contributed by atoms with Gasteiger partial charge in [-0.3, -0.25) is 4.79 Å². The van der Waals surface area contributed by atoms with Crippen molar-refractivity contribution in [2.45, 2.75) is 13.0 Å². The molecule has 0 saturated heterocycles. The molecule has 0 radical (unpaired) electrons. The molecule has 1 atom stereocenters. The van der Waals surface area contributed by atoms with Gasteiger partial charge in [-0.1, -0.05) is 41.9 Å². The number of amides is 1. The molecule has 0 aliphatic rings. The average molecular weight is 354 g/mol. The van der Waals surface area contributed by atoms with Crippen molar-refractivity contribution in [2.24, 2.45) is 0 Å². The molecule has 0 bridgehead atoms. The molecule has 4 nitrogen and oxygen atoms in total. The molecule has 126 valence electrons. The summed E-state index contributed by atoms with van der Waals surface area (Å²) in [6.07, 6.45) is 0. The van der Waals surface area contributed by atoms with Gasteiger partial charge in [-0.15, -0.1) is 0 Å². The number of carbonyl (C=O) groups is 2. The van der Waals surface area contributed by atoms with Crippen LogP contribution in [0, 0.1) is 11.6 Å². The predicted octanol–water partition coefficient (Wildman–Crippen LogP) is 3.65. The number of benzene rings is 2. The van der Waals surface area contributed by atoms with Crippen molar-refractivity contribution >= 4 is 23.5 Å². The normalized spacial score (nSPS) is 11.7. The summed E-state index contributed by atoms with van der Waals surface area (Å²) in [5.41, 5.74) is 0.542. The Morgan fingerprint density at radius 2 is 1.79 bits per heavy atom. The van der Waals surface area contributed by atoms with Gasteiger partial charge in [-0.2, -0.15) is 0 Å². The molecule has 0 fully saturated rings. The number of hydrogen-bond donors (Lipinski definition) is 1. The highest BCUT2D eigenvalue weighted by Gasteiger charge is 2.18. The minimum Gasteiger partial charge on any atom is -0.452 e. The smallest absolute Gasteiger partial charge is 0.340 e. The second kappa shape index (κ2) is 7.88. The van der Waals surface area contributed by atoms with E-state index >= 15 is 0 Å². The van der Waals surface area contributed by atoms with Crippen LogP contribution in [0.3, 0.4) is 0 Å². The fraction of sp³-hybridized carbons (Fsp3) is 0.176. The van der Waals surface area contributed by atoms with Crippen LogP contribution in [-0.4, -0.2) is 18.5 Å². The third-order valence-electron chi connectivity index (χ3n) is 3.24. The summed E-state index contributed by atoms with van der Waals surface area (Å²) < 4.78 is 30.9. The topological polar surface area (TPSA) is 55.4 Å². The Labute approximate surface area is 142 Å². The van der Waals surface area contributed by atoms with Gasteiger partial charge in [-0.05, 0) is 24.6 Å². The van der Waals surface area contributed by atoms with Crippen molar-refractivity contribution in [1.29, 1.82) is 0 Å². The van der Waals surface area contributed by atoms with Gasteiger partial charge in [0.2, 0.25) is 0 Å². The van der Waals surface area contributed by atoms with E-state index in [1.54, 1.807) is 6.92 Å². The Morgan fingerprint density at radius 3 is 2.46 bits per heavy atom. The highest BCUT2D eigenvalue weighted by molar-refractivity contribution is 6.33. The van der Waals surface area contributed by atoms with Crippen LogP contribution in [0.25, 0.3) is 0 Å². The first-order chi connectivity index (χ1) is 11.4. The molecule has 2 rings (SSSR count). The average Bonchev–Trinajstić information content (AvgIpc) is 2.56. The molecule has 0 heterocycles. The molecular weight excluding hydrogens is 340 g/mol. The largest absolute Gasteiger partial charge is 0.452 e. The van der Waals surface area contributed by atoms with E-state index in [4.69, 9.17) is 16.3 Å². The van der Waals surface area contributed by atoms with Gasteiger partial charge in [0.05, 0.1) is 16.6 Å². The van der Waals surface area contributed by atoms with Crippen LogP contribution in [0.15, 0.2) is 42.5 Å². The maximum absolute atomic E-state index is 13.2. The van der Waals surface area contributed by atoms with Crippen LogP contribution < -0.4 is 5.32 Å². The summed E-state index contributed by atoms with van der Waals surface area (Å²) in [6, 6.07) is 10.2. The fourth-order valence-electron chi connectivity index (χ4n) is 2.00. The van der Waals surface area contributed by atoms with Gasteiger partial charge in [0.25, 0.3) is 5.91 Å². The maximum Gasteiger partial charge on any atom is 0.340 e. The lowest BCUT2D eigenvalue weighted by molar-refractivity contribution is -0.124. The molecule has 2 aromatic carbocycles. The zero-order chi connectivity index (χ0) is 17.7. The van der Waals surface area contributed by atoms with Gasteiger partial charge in [-0.25, -0.2) is 13.6 Å². The minimum atomic E-state index is -1.23. The Morgan fingerprint density at radius 1 is 1.17 bits per heavy atom. The summed E-state index contributed by atoms with van der Waals surface area (Å²) in [5.74, 6) is -3.95. The van der Waals surface area contributed by atoms with E-state index in [1.807, 2.05) is 30.3 Å². The van der Waals surface area contributed by atoms with E-state index in [2.05, 4.69) is 5.32 Å². The summed E-state index contributed by atoms with van der Waals surface area (Å²) in [7, 11) is 0. The van der Waals surface area contributed by atoms with Crippen molar-refractivity contribution in [1.82, 2.24) is 5.32 Å². The lowest BCUT2D eigenvalue weighted by Gasteiger charge is -2.14. The van der Waals surface area contributed by atoms with Crippen molar-refractivity contribution in [3.63, 3.8) is 0 Å². The quantitative estimate of drug-likeness (QED) is 0.659. The molecule has 2 aromatic rings. The van der Waals surface area contributed by atoms with Crippen molar-refractivity contribution in [2.75, 3.05) is 6.61 Å². The number of rotatable bonds is 5. The van der Waals surface area contributed by atoms with Crippen LogP contribution in [0.2, 0.25) is 5.02 Å². The number of hydrogen-bond acceptors (Lipinski definition) is 3. The monoisotopic (exact) mass is 353 g/mol. The van der Waals surface area contributed by atoms with Crippen LogP contribution in [-0.2, 0) is 9.53 Å². The molecule has 7 heteroatoms. The van der Waals surface area contributed by atoms with E-state index in [-0.39, 0.29) is 16.6 Å². The molecule has 24 heavy (non-hydrogen) atoms. The van der Waals surface area contributed by atoms with E-state index in [0.29, 0.717) is 12.1 Å². The first-order valence-electron chi connectivity index (χ1n) is 7.04. The lowest BCUT2D eigenvalue weighted by atomic mass is 10.1. The highest BCUT2D eigenvalue weighted by atomic mass is 35.5. The van der Waals surface area contributed by atoms with Crippen LogP contribution >= 0.6 is 11.6 Å². The first-order valence-corrected chi connectivity index (χ1v) is 7.42. The van der Waals surface area contributed by atoms with E-state index < -0.39 is 30.1 Å². The number of nitrogens with one attached hydrogen (secondary N) is 1. The van der Waals surface area contributed by atoms with Crippen molar-refractivity contribution < 1.29 is 23.1 Å². The Hall–Kier alpha value is -2.47. The molecule has 0 aromatic heterocycles. The molecule has 0 aliphatic carbocycles. The third kappa shape index (κ3) is 4.52. The fourth-order valence-corrected chi connectivity index (χ4v) is 2.22. The van der Waals surface area contributed by atoms with Crippen LogP contribution in [0.1, 0.15) is 28.9 Å². The molecule has 0 unspecified atom stereocenters. The first kappa shape index (κ1) is 17.9. The highest BCUT2D eigenvalue weighted by Crippen LogP contribution is 2.20. The Kier molecular flexibility index (Phi) is 5.87. The molecule has 1 N–H and O–H groups in total. The second-order valence-corrected chi connectivity index (χ2v) is 5.43. The van der Waals surface area contributed by atoms with Gasteiger partial charge < -0.3 is 10.1 Å². The van der Waals surface area contributed by atoms with Crippen LogP contribution in [0.4, 0.5) is 8.78 Å². The summed E-state index contributed by atoms with van der Waals surface area (Å²) >= 11 is 5.67. The van der Waals surface area contributed by atoms with E-state index in [0.717, 1.165) is 5.56 Å². The SMILES string of the molecule is C[C@@H](NC(=O)COC(=O)c1cc(F)c(F)cc1Cl)c1ccccc1. The second-order valence-electron chi connectivity index (χ2n) is 5.02. The number of esters is 1. The number of carbonyl (C=O) groups excluding carboxylic acids is 2. The zero-order valence-corrected chi connectivity index (χ0v) is 13.4. The zero-order valence-electron chi connectivity index (χ0n) is 12.7. The predicted molar refractivity (Wildman–Crippen MR) is 84.7 cm³/mol. The summed E-state index contributed by atoms with van der Waals surface area (Å²) in [5, 5.41) is 2.36. The molecular formula is C17H14ClF2NO3.